The van der Waals surface area contributed by atoms with Crippen LogP contribution in [0.15, 0.2) is 48.5 Å². The molecular weight excluding hydrogens is 364 g/mol. The van der Waals surface area contributed by atoms with Crippen LogP contribution in [0, 0.1) is 11.6 Å². The van der Waals surface area contributed by atoms with Crippen molar-refractivity contribution >= 4 is 11.6 Å². The van der Waals surface area contributed by atoms with Crippen molar-refractivity contribution in [2.45, 2.75) is 0 Å². The van der Waals surface area contributed by atoms with Crippen LogP contribution in [-0.2, 0) is 4.79 Å². The van der Waals surface area contributed by atoms with E-state index < -0.39 is 0 Å². The van der Waals surface area contributed by atoms with Crippen molar-refractivity contribution < 1.29 is 18.3 Å². The summed E-state index contributed by atoms with van der Waals surface area (Å²) in [5.41, 5.74) is 0.968. The molecule has 0 unspecified atom stereocenters. The van der Waals surface area contributed by atoms with E-state index >= 15 is 0 Å². The first kappa shape index (κ1) is 20.1. The molecule has 2 aromatic rings. The number of carbonyl (C=O) groups excluding carboxylic acids is 1. The second kappa shape index (κ2) is 9.50. The quantitative estimate of drug-likeness (QED) is 0.730. The van der Waals surface area contributed by atoms with E-state index in [0.29, 0.717) is 26.2 Å². The highest BCUT2D eigenvalue weighted by Gasteiger charge is 2.22. The molecule has 0 spiro atoms. The highest BCUT2D eigenvalue weighted by molar-refractivity contribution is 5.78. The Bertz CT molecular complexity index is 777. The minimum Gasteiger partial charge on any atom is -0.489 e. The third-order valence-electron chi connectivity index (χ3n) is 4.80. The van der Waals surface area contributed by atoms with E-state index in [1.165, 1.54) is 18.2 Å². The predicted molar refractivity (Wildman–Crippen MR) is 105 cm³/mol. The summed E-state index contributed by atoms with van der Waals surface area (Å²) in [6, 6.07) is 12.7. The number of para-hydroxylation sites is 1. The standard InChI is InChI=1S/C21H25F2N3O2/c1-24(14-15-28-20-5-3-2-4-19(20)23)16-21(27)26-12-10-25(11-13-26)18-8-6-17(22)7-9-18/h2-9H,10-16H2,1H3. The van der Waals surface area contributed by atoms with Crippen LogP contribution < -0.4 is 9.64 Å². The van der Waals surface area contributed by atoms with Gasteiger partial charge in [-0.1, -0.05) is 12.1 Å². The molecular formula is C21H25F2N3O2. The average molecular weight is 389 g/mol. The Labute approximate surface area is 164 Å². The van der Waals surface area contributed by atoms with Gasteiger partial charge in [0.05, 0.1) is 6.54 Å². The third-order valence-corrected chi connectivity index (χ3v) is 4.80. The predicted octanol–water partition coefficient (Wildman–Crippen LogP) is 2.62. The number of likely N-dealkylation sites (N-methyl/N-ethyl adjacent to an activating group) is 1. The van der Waals surface area contributed by atoms with E-state index in [4.69, 9.17) is 4.74 Å². The van der Waals surface area contributed by atoms with Crippen LogP contribution in [0.2, 0.25) is 0 Å². The molecule has 0 N–H and O–H groups in total. The molecule has 0 atom stereocenters. The Morgan fingerprint density at radius 1 is 1.04 bits per heavy atom. The number of amides is 1. The molecule has 1 heterocycles. The van der Waals surface area contributed by atoms with Gasteiger partial charge in [-0.2, -0.15) is 0 Å². The molecule has 5 nitrogen and oxygen atoms in total. The number of hydrogen-bond donors (Lipinski definition) is 0. The molecule has 28 heavy (non-hydrogen) atoms. The van der Waals surface area contributed by atoms with Gasteiger partial charge >= 0.3 is 0 Å². The molecule has 0 aromatic heterocycles. The molecule has 1 saturated heterocycles. The normalized spacial score (nSPS) is 14.4. The van der Waals surface area contributed by atoms with Gasteiger partial charge in [-0.15, -0.1) is 0 Å². The molecule has 3 rings (SSSR count). The third kappa shape index (κ3) is 5.42. The van der Waals surface area contributed by atoms with Gasteiger partial charge in [-0.3, -0.25) is 9.69 Å². The Morgan fingerprint density at radius 3 is 2.39 bits per heavy atom. The lowest BCUT2D eigenvalue weighted by atomic mass is 10.2. The molecule has 0 bridgehead atoms. The number of halogens is 2. The van der Waals surface area contributed by atoms with Crippen molar-refractivity contribution in [1.29, 1.82) is 0 Å². The molecule has 0 saturated carbocycles. The maximum atomic E-state index is 13.5. The zero-order chi connectivity index (χ0) is 19.9. The largest absolute Gasteiger partial charge is 0.489 e. The van der Waals surface area contributed by atoms with Gasteiger partial charge < -0.3 is 14.5 Å². The van der Waals surface area contributed by atoms with E-state index in [1.807, 2.05) is 16.8 Å². The highest BCUT2D eigenvalue weighted by atomic mass is 19.1. The van der Waals surface area contributed by atoms with E-state index in [2.05, 4.69) is 4.90 Å². The lowest BCUT2D eigenvalue weighted by molar-refractivity contribution is -0.132. The van der Waals surface area contributed by atoms with Crippen LogP contribution >= 0.6 is 0 Å². The van der Waals surface area contributed by atoms with Crippen LogP contribution in [0.3, 0.4) is 0 Å². The van der Waals surface area contributed by atoms with Crippen LogP contribution in [0.4, 0.5) is 14.5 Å². The number of benzene rings is 2. The Kier molecular flexibility index (Phi) is 6.81. The number of carbonyl (C=O) groups is 1. The molecule has 1 aliphatic rings. The van der Waals surface area contributed by atoms with Crippen LogP contribution in [-0.4, -0.2) is 68.6 Å². The van der Waals surface area contributed by atoms with Crippen molar-refractivity contribution in [2.24, 2.45) is 0 Å². The summed E-state index contributed by atoms with van der Waals surface area (Å²) >= 11 is 0. The summed E-state index contributed by atoms with van der Waals surface area (Å²) in [5.74, 6) is -0.355. The van der Waals surface area contributed by atoms with E-state index in [0.717, 1.165) is 18.8 Å². The fraction of sp³-hybridized carbons (Fsp3) is 0.381. The SMILES string of the molecule is CN(CCOc1ccccc1F)CC(=O)N1CCN(c2ccc(F)cc2)CC1. The minimum absolute atomic E-state index is 0.0622. The lowest BCUT2D eigenvalue weighted by Gasteiger charge is -2.36. The van der Waals surface area contributed by atoms with Crippen molar-refractivity contribution in [3.8, 4) is 5.75 Å². The van der Waals surface area contributed by atoms with Crippen molar-refractivity contribution in [2.75, 3.05) is 57.8 Å². The Morgan fingerprint density at radius 2 is 1.71 bits per heavy atom. The number of anilines is 1. The van der Waals surface area contributed by atoms with Gasteiger partial charge in [0.1, 0.15) is 12.4 Å². The molecule has 0 radical (unpaired) electrons. The van der Waals surface area contributed by atoms with Crippen LogP contribution in [0.5, 0.6) is 5.75 Å². The van der Waals surface area contributed by atoms with Crippen LogP contribution in [0.25, 0.3) is 0 Å². The summed E-state index contributed by atoms with van der Waals surface area (Å²) in [4.78, 5) is 18.4. The minimum atomic E-state index is -0.389. The van der Waals surface area contributed by atoms with Gasteiger partial charge in [0.2, 0.25) is 5.91 Å². The molecule has 1 amide bonds. The van der Waals surface area contributed by atoms with E-state index in [9.17, 15) is 13.6 Å². The number of rotatable bonds is 7. The topological polar surface area (TPSA) is 36.0 Å². The number of nitrogens with zero attached hydrogens (tertiary/aromatic N) is 3. The van der Waals surface area contributed by atoms with E-state index in [-0.39, 0.29) is 29.8 Å². The van der Waals surface area contributed by atoms with Crippen molar-refractivity contribution in [3.63, 3.8) is 0 Å². The summed E-state index contributed by atoms with van der Waals surface area (Å²) < 4.78 is 32.0. The van der Waals surface area contributed by atoms with Crippen molar-refractivity contribution in [1.82, 2.24) is 9.80 Å². The fourth-order valence-corrected chi connectivity index (χ4v) is 3.15. The summed E-state index contributed by atoms with van der Waals surface area (Å²) in [7, 11) is 1.84. The highest BCUT2D eigenvalue weighted by Crippen LogP contribution is 2.17. The first-order chi connectivity index (χ1) is 13.5. The van der Waals surface area contributed by atoms with Crippen LogP contribution in [0.1, 0.15) is 0 Å². The number of ether oxygens (including phenoxy) is 1. The smallest absolute Gasteiger partial charge is 0.236 e. The van der Waals surface area contributed by atoms with Gasteiger partial charge in [0.25, 0.3) is 0 Å². The molecule has 1 aliphatic heterocycles. The molecule has 1 fully saturated rings. The zero-order valence-electron chi connectivity index (χ0n) is 16.0. The first-order valence-electron chi connectivity index (χ1n) is 9.37. The summed E-state index contributed by atoms with van der Waals surface area (Å²) in [5, 5.41) is 0. The summed E-state index contributed by atoms with van der Waals surface area (Å²) in [6.45, 7) is 3.83. The monoisotopic (exact) mass is 389 g/mol. The molecule has 150 valence electrons. The number of hydrogen-bond acceptors (Lipinski definition) is 4. The second-order valence-electron chi connectivity index (χ2n) is 6.86. The maximum absolute atomic E-state index is 13.5. The Hall–Kier alpha value is -2.67. The fourth-order valence-electron chi connectivity index (χ4n) is 3.15. The Balaban J connectivity index is 1.39. The molecule has 2 aromatic carbocycles. The van der Waals surface area contributed by atoms with Crippen molar-refractivity contribution in [3.05, 3.63) is 60.2 Å². The zero-order valence-corrected chi connectivity index (χ0v) is 16.0. The number of piperazine rings is 1. The second-order valence-corrected chi connectivity index (χ2v) is 6.86. The maximum Gasteiger partial charge on any atom is 0.236 e. The van der Waals surface area contributed by atoms with Gasteiger partial charge in [-0.05, 0) is 43.4 Å². The summed E-state index contributed by atoms with van der Waals surface area (Å²) in [6.07, 6.45) is 0. The van der Waals surface area contributed by atoms with Gasteiger partial charge in [0.15, 0.2) is 11.6 Å². The molecule has 7 heteroatoms. The van der Waals surface area contributed by atoms with Gasteiger partial charge in [-0.25, -0.2) is 8.78 Å². The lowest BCUT2D eigenvalue weighted by Crippen LogP contribution is -2.51. The first-order valence-corrected chi connectivity index (χ1v) is 9.37. The van der Waals surface area contributed by atoms with E-state index in [1.54, 1.807) is 30.3 Å². The van der Waals surface area contributed by atoms with Gasteiger partial charge in [0, 0.05) is 38.4 Å². The molecule has 0 aliphatic carbocycles. The average Bonchev–Trinajstić information content (AvgIpc) is 2.70.